The Morgan fingerprint density at radius 1 is 1.00 bits per heavy atom. The average molecular weight is 515 g/mol. The van der Waals surface area contributed by atoms with Crippen molar-refractivity contribution in [3.05, 3.63) is 64.7 Å². The largest absolute Gasteiger partial charge is 0.493 e. The second-order valence-corrected chi connectivity index (χ2v) is 13.1. The number of aromatic nitrogens is 1. The van der Waals surface area contributed by atoms with Gasteiger partial charge in [0.05, 0.1) is 30.1 Å². The first kappa shape index (κ1) is 25.5. The fourth-order valence-corrected chi connectivity index (χ4v) is 7.03. The Hall–Kier alpha value is -2.58. The molecule has 35 heavy (non-hydrogen) atoms. The predicted molar refractivity (Wildman–Crippen MR) is 142 cm³/mol. The lowest BCUT2D eigenvalue weighted by Gasteiger charge is -2.31. The van der Waals surface area contributed by atoms with E-state index in [2.05, 4.69) is 31.1 Å². The number of nitrogens with zero attached hydrogens (tertiary/aromatic N) is 2. The Bertz CT molecular complexity index is 1250. The zero-order valence-corrected chi connectivity index (χ0v) is 22.7. The molecule has 6 nitrogen and oxygen atoms in total. The summed E-state index contributed by atoms with van der Waals surface area (Å²) in [4.78, 5) is 7.46. The summed E-state index contributed by atoms with van der Waals surface area (Å²) in [6.45, 7) is 7.76. The highest BCUT2D eigenvalue weighted by Crippen LogP contribution is 2.32. The van der Waals surface area contributed by atoms with Crippen LogP contribution in [0.5, 0.6) is 11.5 Å². The van der Waals surface area contributed by atoms with E-state index in [0.29, 0.717) is 48.7 Å². The second-order valence-electron chi connectivity index (χ2n) is 9.99. The van der Waals surface area contributed by atoms with E-state index in [0.717, 1.165) is 22.0 Å². The van der Waals surface area contributed by atoms with Crippen molar-refractivity contribution in [2.75, 3.05) is 32.2 Å². The van der Waals surface area contributed by atoms with Crippen molar-refractivity contribution in [1.82, 2.24) is 4.98 Å². The van der Waals surface area contributed by atoms with Gasteiger partial charge in [-0.15, -0.1) is 11.3 Å². The summed E-state index contributed by atoms with van der Waals surface area (Å²) in [5.41, 5.74) is 3.23. The zero-order valence-electron chi connectivity index (χ0n) is 21.1. The number of hydrogen-bond acceptors (Lipinski definition) is 7. The number of anilines is 1. The van der Waals surface area contributed by atoms with Crippen molar-refractivity contribution < 1.29 is 17.9 Å². The van der Waals surface area contributed by atoms with Gasteiger partial charge in [0.2, 0.25) is 0 Å². The molecule has 1 fully saturated rings. The molecule has 3 aromatic rings. The normalized spacial score (nSPS) is 15.3. The molecule has 2 aromatic carbocycles. The fraction of sp³-hybridized carbons (Fsp3) is 0.444. The van der Waals surface area contributed by atoms with Crippen LogP contribution in [0.3, 0.4) is 0 Å². The highest BCUT2D eigenvalue weighted by molar-refractivity contribution is 7.92. The van der Waals surface area contributed by atoms with Crippen LogP contribution in [0.25, 0.3) is 0 Å². The van der Waals surface area contributed by atoms with Gasteiger partial charge in [-0.05, 0) is 53.6 Å². The number of benzene rings is 2. The number of methoxy groups -OCH3 is 2. The van der Waals surface area contributed by atoms with Crippen molar-refractivity contribution in [2.24, 2.45) is 0 Å². The van der Waals surface area contributed by atoms with E-state index in [1.54, 1.807) is 37.7 Å². The van der Waals surface area contributed by atoms with E-state index in [1.807, 2.05) is 30.3 Å². The van der Waals surface area contributed by atoms with Gasteiger partial charge in [0.1, 0.15) is 0 Å². The minimum atomic E-state index is -3.34. The maximum atomic E-state index is 13.2. The number of rotatable bonds is 7. The van der Waals surface area contributed by atoms with E-state index in [9.17, 15) is 8.42 Å². The Balaban J connectivity index is 1.39. The Labute approximate surface area is 212 Å². The SMILES string of the molecule is COc1ccc(Cc2csc(N3CCC(S(=O)(=O)c4ccc(C(C)(C)C)cc4)CC3)n2)cc1OC. The molecule has 0 saturated carbocycles. The van der Waals surface area contributed by atoms with Gasteiger partial charge in [-0.25, -0.2) is 13.4 Å². The van der Waals surface area contributed by atoms with Gasteiger partial charge >= 0.3 is 0 Å². The van der Waals surface area contributed by atoms with E-state index in [1.165, 1.54) is 0 Å². The van der Waals surface area contributed by atoms with Crippen LogP contribution in [-0.2, 0) is 21.7 Å². The molecule has 2 heterocycles. The van der Waals surface area contributed by atoms with Gasteiger partial charge in [0.15, 0.2) is 26.5 Å². The van der Waals surface area contributed by atoms with Gasteiger partial charge in [-0.2, -0.15) is 0 Å². The molecule has 0 atom stereocenters. The minimum absolute atomic E-state index is 0.000361. The number of hydrogen-bond donors (Lipinski definition) is 0. The maximum Gasteiger partial charge on any atom is 0.185 e. The van der Waals surface area contributed by atoms with Crippen LogP contribution >= 0.6 is 11.3 Å². The van der Waals surface area contributed by atoms with Crippen LogP contribution < -0.4 is 14.4 Å². The molecule has 1 aliphatic rings. The first-order valence-corrected chi connectivity index (χ1v) is 14.3. The molecule has 0 N–H and O–H groups in total. The Morgan fingerprint density at radius 2 is 1.66 bits per heavy atom. The highest BCUT2D eigenvalue weighted by atomic mass is 32.2. The first-order chi connectivity index (χ1) is 16.6. The van der Waals surface area contributed by atoms with Crippen molar-refractivity contribution in [3.63, 3.8) is 0 Å². The van der Waals surface area contributed by atoms with Crippen molar-refractivity contribution in [2.45, 2.75) is 55.6 Å². The third-order valence-electron chi connectivity index (χ3n) is 6.57. The Kier molecular flexibility index (Phi) is 7.43. The summed E-state index contributed by atoms with van der Waals surface area (Å²) < 4.78 is 37.2. The van der Waals surface area contributed by atoms with Gasteiger partial charge in [0, 0.05) is 24.9 Å². The predicted octanol–water partition coefficient (Wildman–Crippen LogP) is 5.49. The molecule has 4 rings (SSSR count). The summed E-state index contributed by atoms with van der Waals surface area (Å²) in [6.07, 6.45) is 1.91. The molecule has 0 unspecified atom stereocenters. The summed E-state index contributed by atoms with van der Waals surface area (Å²) in [5.74, 6) is 1.41. The standard InChI is InChI=1S/C27H34N2O4S2/c1-27(2,3)20-7-9-22(10-8-20)35(30,31)23-12-14-29(15-13-23)26-28-21(18-34-26)16-19-6-11-24(32-4)25(17-19)33-5/h6-11,17-18,23H,12-16H2,1-5H3. The summed E-state index contributed by atoms with van der Waals surface area (Å²) in [7, 11) is -0.0850. The third kappa shape index (κ3) is 5.64. The number of ether oxygens (including phenoxy) is 2. The summed E-state index contributed by atoms with van der Waals surface area (Å²) in [5, 5.41) is 2.67. The van der Waals surface area contributed by atoms with Gasteiger partial charge < -0.3 is 14.4 Å². The Morgan fingerprint density at radius 3 is 2.26 bits per heavy atom. The van der Waals surface area contributed by atoms with Crippen molar-refractivity contribution in [1.29, 1.82) is 0 Å². The van der Waals surface area contributed by atoms with Gasteiger partial charge in [-0.3, -0.25) is 0 Å². The van der Waals surface area contributed by atoms with E-state index in [-0.39, 0.29) is 10.7 Å². The monoisotopic (exact) mass is 514 g/mol. The highest BCUT2D eigenvalue weighted by Gasteiger charge is 2.32. The third-order valence-corrected chi connectivity index (χ3v) is 9.80. The lowest BCUT2D eigenvalue weighted by Crippen LogP contribution is -2.39. The summed E-state index contributed by atoms with van der Waals surface area (Å²) >= 11 is 1.61. The molecule has 0 amide bonds. The molecule has 0 radical (unpaired) electrons. The topological polar surface area (TPSA) is 68.7 Å². The molecular weight excluding hydrogens is 480 g/mol. The quantitative estimate of drug-likeness (QED) is 0.415. The van der Waals surface area contributed by atoms with Gasteiger partial charge in [-0.1, -0.05) is 39.0 Å². The van der Waals surface area contributed by atoms with E-state index >= 15 is 0 Å². The lowest BCUT2D eigenvalue weighted by molar-refractivity contribution is 0.354. The first-order valence-electron chi connectivity index (χ1n) is 11.9. The smallest absolute Gasteiger partial charge is 0.185 e. The molecule has 0 spiro atoms. The van der Waals surface area contributed by atoms with Crippen LogP contribution in [0.1, 0.15) is 50.4 Å². The lowest BCUT2D eigenvalue weighted by atomic mass is 9.87. The molecule has 1 aliphatic heterocycles. The van der Waals surface area contributed by atoms with Crippen molar-refractivity contribution in [3.8, 4) is 11.5 Å². The number of piperidine rings is 1. The van der Waals surface area contributed by atoms with Crippen LogP contribution in [0.2, 0.25) is 0 Å². The maximum absolute atomic E-state index is 13.2. The van der Waals surface area contributed by atoms with Crippen LogP contribution in [0, 0.1) is 0 Å². The van der Waals surface area contributed by atoms with E-state index in [4.69, 9.17) is 14.5 Å². The number of thiazole rings is 1. The molecule has 1 aromatic heterocycles. The summed E-state index contributed by atoms with van der Waals surface area (Å²) in [6, 6.07) is 13.3. The second kappa shape index (κ2) is 10.2. The minimum Gasteiger partial charge on any atom is -0.493 e. The molecule has 0 bridgehead atoms. The van der Waals surface area contributed by atoms with E-state index < -0.39 is 9.84 Å². The molecule has 8 heteroatoms. The zero-order chi connectivity index (χ0) is 25.2. The molecular formula is C27H34N2O4S2. The van der Waals surface area contributed by atoms with Crippen LogP contribution in [0.4, 0.5) is 5.13 Å². The molecule has 0 aliphatic carbocycles. The average Bonchev–Trinajstić information content (AvgIpc) is 3.32. The van der Waals surface area contributed by atoms with Crippen LogP contribution in [0.15, 0.2) is 52.7 Å². The molecule has 1 saturated heterocycles. The van der Waals surface area contributed by atoms with Crippen LogP contribution in [-0.4, -0.2) is 46.0 Å². The van der Waals surface area contributed by atoms with Gasteiger partial charge in [0.25, 0.3) is 0 Å². The van der Waals surface area contributed by atoms with Crippen molar-refractivity contribution >= 4 is 26.3 Å². The fourth-order valence-electron chi connectivity index (χ4n) is 4.42. The number of sulfone groups is 1. The molecule has 188 valence electrons.